The van der Waals surface area contributed by atoms with Gasteiger partial charge in [-0.25, -0.2) is 0 Å². The summed E-state index contributed by atoms with van der Waals surface area (Å²) in [5, 5.41) is 0. The van der Waals surface area contributed by atoms with E-state index in [1.54, 1.807) is 6.92 Å². The maximum Gasteiger partial charge on any atom is 0.305 e. The highest BCUT2D eigenvalue weighted by Gasteiger charge is 2.41. The second kappa shape index (κ2) is 9.74. The minimum Gasteiger partial charge on any atom is -0.463 e. The first-order valence-electron chi connectivity index (χ1n) is 8.07. The fourth-order valence-corrected chi connectivity index (χ4v) is 2.21. The summed E-state index contributed by atoms with van der Waals surface area (Å²) in [6.45, 7) is 5.45. The second-order valence-corrected chi connectivity index (χ2v) is 5.76. The van der Waals surface area contributed by atoms with Crippen molar-refractivity contribution in [1.82, 2.24) is 0 Å². The molecule has 5 heteroatoms. The summed E-state index contributed by atoms with van der Waals surface area (Å²) in [6.07, 6.45) is 9.58. The van der Waals surface area contributed by atoms with E-state index in [2.05, 4.69) is 12.2 Å². The lowest BCUT2D eigenvalue weighted by atomic mass is 10.1. The molecule has 0 aromatic carbocycles. The summed E-state index contributed by atoms with van der Waals surface area (Å²) < 4.78 is 16.0. The Bertz CT molecular complexity index is 391. The number of hydrogen-bond donors (Lipinski definition) is 0. The third kappa shape index (κ3) is 6.71. The Balaban J connectivity index is 2.06. The van der Waals surface area contributed by atoms with Crippen LogP contribution in [0.5, 0.6) is 0 Å². The van der Waals surface area contributed by atoms with Crippen molar-refractivity contribution in [1.29, 1.82) is 0 Å². The standard InChI is InChI=1S/C17H28O5/c1-4-5-6-7-8-9-10-11-16(19)20-12-15-13-21-17(3,22-15)14(2)18/h4-5,15H,6-13H2,1-3H3/b5-4+. The second-order valence-electron chi connectivity index (χ2n) is 5.76. The summed E-state index contributed by atoms with van der Waals surface area (Å²) in [6, 6.07) is 0. The number of ether oxygens (including phenoxy) is 3. The molecule has 0 bridgehead atoms. The summed E-state index contributed by atoms with van der Waals surface area (Å²) in [5.74, 6) is -1.59. The van der Waals surface area contributed by atoms with Gasteiger partial charge in [-0.2, -0.15) is 0 Å². The molecule has 1 fully saturated rings. The number of unbranched alkanes of at least 4 members (excludes halogenated alkanes) is 4. The monoisotopic (exact) mass is 312 g/mol. The van der Waals surface area contributed by atoms with Gasteiger partial charge in [0.2, 0.25) is 5.79 Å². The minimum absolute atomic E-state index is 0.142. The van der Waals surface area contributed by atoms with E-state index in [0.717, 1.165) is 32.1 Å². The lowest BCUT2D eigenvalue weighted by Gasteiger charge is -2.19. The number of esters is 1. The molecule has 1 rings (SSSR count). The summed E-state index contributed by atoms with van der Waals surface area (Å²) in [5.41, 5.74) is 0. The first-order chi connectivity index (χ1) is 10.5. The largest absolute Gasteiger partial charge is 0.463 e. The molecule has 22 heavy (non-hydrogen) atoms. The third-order valence-electron chi connectivity index (χ3n) is 3.74. The van der Waals surface area contributed by atoms with Gasteiger partial charge in [-0.15, -0.1) is 0 Å². The normalized spacial score (nSPS) is 24.8. The number of rotatable bonds is 10. The predicted molar refractivity (Wildman–Crippen MR) is 83.4 cm³/mol. The first-order valence-corrected chi connectivity index (χ1v) is 8.07. The van der Waals surface area contributed by atoms with Crippen molar-refractivity contribution in [2.24, 2.45) is 0 Å². The molecule has 0 N–H and O–H groups in total. The van der Waals surface area contributed by atoms with Crippen molar-refractivity contribution in [3.05, 3.63) is 12.2 Å². The van der Waals surface area contributed by atoms with E-state index in [-0.39, 0.29) is 31.1 Å². The van der Waals surface area contributed by atoms with Crippen LogP contribution in [0.25, 0.3) is 0 Å². The van der Waals surface area contributed by atoms with Gasteiger partial charge in [0, 0.05) is 13.3 Å². The summed E-state index contributed by atoms with van der Waals surface area (Å²) >= 11 is 0. The van der Waals surface area contributed by atoms with Gasteiger partial charge < -0.3 is 14.2 Å². The van der Waals surface area contributed by atoms with Gasteiger partial charge in [-0.05, 0) is 33.1 Å². The Morgan fingerprint density at radius 2 is 2.00 bits per heavy atom. The molecule has 1 saturated heterocycles. The molecule has 126 valence electrons. The van der Waals surface area contributed by atoms with Crippen molar-refractivity contribution < 1.29 is 23.8 Å². The molecule has 0 spiro atoms. The van der Waals surface area contributed by atoms with Crippen LogP contribution in [0.2, 0.25) is 0 Å². The number of carbonyl (C=O) groups excluding carboxylic acids is 2. The zero-order valence-corrected chi connectivity index (χ0v) is 13.9. The molecule has 0 radical (unpaired) electrons. The molecule has 0 saturated carbocycles. The molecular weight excluding hydrogens is 284 g/mol. The topological polar surface area (TPSA) is 61.8 Å². The molecule has 0 aromatic heterocycles. The quantitative estimate of drug-likeness (QED) is 0.352. The van der Waals surface area contributed by atoms with Gasteiger partial charge in [0.05, 0.1) is 6.61 Å². The Morgan fingerprint density at radius 3 is 2.64 bits per heavy atom. The van der Waals surface area contributed by atoms with E-state index in [0.29, 0.717) is 6.42 Å². The maximum atomic E-state index is 11.6. The number of carbonyl (C=O) groups is 2. The molecule has 0 aliphatic carbocycles. The molecule has 1 aliphatic rings. The average Bonchev–Trinajstić information content (AvgIpc) is 2.87. The molecule has 2 unspecified atom stereocenters. The lowest BCUT2D eigenvalue weighted by Crippen LogP contribution is -2.35. The fraction of sp³-hybridized carbons (Fsp3) is 0.765. The van der Waals surface area contributed by atoms with E-state index in [1.165, 1.54) is 6.92 Å². The Labute approximate surface area is 133 Å². The molecule has 5 nitrogen and oxygen atoms in total. The maximum absolute atomic E-state index is 11.6. The number of Topliss-reactive ketones (excluding diaryl/α,β-unsaturated/α-hetero) is 1. The van der Waals surface area contributed by atoms with Crippen LogP contribution in [-0.2, 0) is 23.8 Å². The van der Waals surface area contributed by atoms with Crippen LogP contribution in [0.15, 0.2) is 12.2 Å². The minimum atomic E-state index is -1.19. The zero-order chi connectivity index (χ0) is 16.4. The Morgan fingerprint density at radius 1 is 1.27 bits per heavy atom. The van der Waals surface area contributed by atoms with Crippen LogP contribution < -0.4 is 0 Å². The highest BCUT2D eigenvalue weighted by Crippen LogP contribution is 2.24. The summed E-state index contributed by atoms with van der Waals surface area (Å²) in [4.78, 5) is 23.0. The van der Waals surface area contributed by atoms with Crippen LogP contribution in [-0.4, -0.2) is 36.9 Å². The molecule has 0 aromatic rings. The number of ketones is 1. The smallest absolute Gasteiger partial charge is 0.305 e. The van der Waals surface area contributed by atoms with Gasteiger partial charge in [0.25, 0.3) is 0 Å². The SMILES string of the molecule is C/C=C/CCCCCCC(=O)OCC1COC(C)(C(C)=O)O1. The molecule has 1 aliphatic heterocycles. The zero-order valence-electron chi connectivity index (χ0n) is 13.9. The Hall–Kier alpha value is -1.20. The van der Waals surface area contributed by atoms with E-state index in [1.807, 2.05) is 6.92 Å². The molecule has 1 heterocycles. The van der Waals surface area contributed by atoms with Gasteiger partial charge in [0.15, 0.2) is 5.78 Å². The number of hydrogen-bond acceptors (Lipinski definition) is 5. The van der Waals surface area contributed by atoms with Crippen molar-refractivity contribution in [2.75, 3.05) is 13.2 Å². The van der Waals surface area contributed by atoms with Crippen LogP contribution in [0.3, 0.4) is 0 Å². The fourth-order valence-electron chi connectivity index (χ4n) is 2.21. The van der Waals surface area contributed by atoms with Crippen molar-refractivity contribution in [3.8, 4) is 0 Å². The first kappa shape index (κ1) is 18.8. The van der Waals surface area contributed by atoms with Gasteiger partial charge in [0.1, 0.15) is 12.7 Å². The molecule has 0 amide bonds. The van der Waals surface area contributed by atoms with Crippen molar-refractivity contribution >= 4 is 11.8 Å². The number of allylic oxidation sites excluding steroid dienone is 2. The van der Waals surface area contributed by atoms with E-state index in [4.69, 9.17) is 14.2 Å². The van der Waals surface area contributed by atoms with Gasteiger partial charge in [-0.1, -0.05) is 25.0 Å². The molecular formula is C17H28O5. The van der Waals surface area contributed by atoms with Crippen LogP contribution in [0.4, 0.5) is 0 Å². The lowest BCUT2D eigenvalue weighted by molar-refractivity contribution is -0.179. The average molecular weight is 312 g/mol. The van der Waals surface area contributed by atoms with E-state index in [9.17, 15) is 9.59 Å². The highest BCUT2D eigenvalue weighted by atomic mass is 16.8. The van der Waals surface area contributed by atoms with Crippen LogP contribution in [0.1, 0.15) is 59.3 Å². The third-order valence-corrected chi connectivity index (χ3v) is 3.74. The van der Waals surface area contributed by atoms with Crippen molar-refractivity contribution in [2.45, 2.75) is 71.2 Å². The van der Waals surface area contributed by atoms with Crippen LogP contribution in [0, 0.1) is 0 Å². The van der Waals surface area contributed by atoms with E-state index < -0.39 is 5.79 Å². The predicted octanol–water partition coefficient (Wildman–Crippen LogP) is 3.17. The van der Waals surface area contributed by atoms with Gasteiger partial charge in [-0.3, -0.25) is 9.59 Å². The van der Waals surface area contributed by atoms with Gasteiger partial charge >= 0.3 is 5.97 Å². The van der Waals surface area contributed by atoms with E-state index >= 15 is 0 Å². The van der Waals surface area contributed by atoms with Crippen molar-refractivity contribution in [3.63, 3.8) is 0 Å². The highest BCUT2D eigenvalue weighted by molar-refractivity contribution is 5.83. The summed E-state index contributed by atoms with van der Waals surface area (Å²) in [7, 11) is 0. The Kier molecular flexibility index (Phi) is 8.35. The molecule has 2 atom stereocenters. The van der Waals surface area contributed by atoms with Crippen LogP contribution >= 0.6 is 0 Å².